The Balaban J connectivity index is 1.88. The second-order valence-corrected chi connectivity index (χ2v) is 8.58. The van der Waals surface area contributed by atoms with Crippen molar-refractivity contribution < 1.29 is 8.42 Å². The van der Waals surface area contributed by atoms with Gasteiger partial charge >= 0.3 is 0 Å². The Morgan fingerprint density at radius 3 is 2.95 bits per heavy atom. The zero-order chi connectivity index (χ0) is 15.1. The van der Waals surface area contributed by atoms with E-state index in [2.05, 4.69) is 17.0 Å². The highest BCUT2D eigenvalue weighted by atomic mass is 32.2. The highest BCUT2D eigenvalue weighted by Crippen LogP contribution is 2.24. The van der Waals surface area contributed by atoms with Gasteiger partial charge in [0.2, 0.25) is 10.0 Å². The molecule has 21 heavy (non-hydrogen) atoms. The first kappa shape index (κ1) is 16.9. The van der Waals surface area contributed by atoms with Crippen LogP contribution in [0.15, 0.2) is 17.5 Å². The van der Waals surface area contributed by atoms with E-state index in [1.54, 1.807) is 11.3 Å². The average molecular weight is 331 g/mol. The molecule has 0 aromatic carbocycles. The van der Waals surface area contributed by atoms with E-state index in [0.717, 1.165) is 30.7 Å². The second kappa shape index (κ2) is 8.27. The summed E-state index contributed by atoms with van der Waals surface area (Å²) in [7, 11) is -3.21. The second-order valence-electron chi connectivity index (χ2n) is 5.73. The van der Waals surface area contributed by atoms with Crippen molar-refractivity contribution >= 4 is 21.4 Å². The van der Waals surface area contributed by atoms with Crippen LogP contribution in [0.1, 0.15) is 56.4 Å². The number of piperidine rings is 1. The maximum Gasteiger partial charge on any atom is 0.212 e. The van der Waals surface area contributed by atoms with Gasteiger partial charge < -0.3 is 5.32 Å². The molecule has 1 aliphatic heterocycles. The van der Waals surface area contributed by atoms with Crippen molar-refractivity contribution in [3.05, 3.63) is 22.4 Å². The summed E-state index contributed by atoms with van der Waals surface area (Å²) in [6.45, 7) is 3.10. The van der Waals surface area contributed by atoms with Crippen molar-refractivity contribution in [2.45, 2.75) is 57.5 Å². The van der Waals surface area contributed by atoms with Crippen molar-refractivity contribution in [2.24, 2.45) is 0 Å². The van der Waals surface area contributed by atoms with Crippen LogP contribution in [0.2, 0.25) is 0 Å². The Labute approximate surface area is 132 Å². The van der Waals surface area contributed by atoms with E-state index >= 15 is 0 Å². The van der Waals surface area contributed by atoms with Crippen molar-refractivity contribution in [3.63, 3.8) is 0 Å². The maximum atomic E-state index is 12.3. The fourth-order valence-electron chi connectivity index (χ4n) is 2.78. The summed E-state index contributed by atoms with van der Waals surface area (Å²) >= 11 is 1.62. The zero-order valence-corrected chi connectivity index (χ0v) is 14.3. The lowest BCUT2D eigenvalue weighted by atomic mass is 10.0. The zero-order valence-electron chi connectivity index (χ0n) is 12.7. The summed E-state index contributed by atoms with van der Waals surface area (Å²) in [4.78, 5) is 1.11. The molecule has 0 spiro atoms. The number of nitrogens with one attached hydrogen (secondary N) is 2. The molecule has 4 nitrogen and oxygen atoms in total. The van der Waals surface area contributed by atoms with Crippen molar-refractivity contribution in [1.82, 2.24) is 10.0 Å². The Morgan fingerprint density at radius 2 is 2.33 bits per heavy atom. The van der Waals surface area contributed by atoms with Gasteiger partial charge in [-0.3, -0.25) is 0 Å². The number of rotatable bonds is 8. The van der Waals surface area contributed by atoms with Gasteiger partial charge in [0.1, 0.15) is 0 Å². The molecule has 120 valence electrons. The fourth-order valence-corrected chi connectivity index (χ4v) is 5.06. The molecule has 2 atom stereocenters. The monoisotopic (exact) mass is 330 g/mol. The van der Waals surface area contributed by atoms with E-state index in [0.29, 0.717) is 12.5 Å². The molecule has 2 unspecified atom stereocenters. The summed E-state index contributed by atoms with van der Waals surface area (Å²) in [5.41, 5.74) is 0. The molecule has 1 aromatic heterocycles. The third-order valence-corrected chi connectivity index (χ3v) is 6.34. The Hall–Kier alpha value is -0.430. The first-order valence-electron chi connectivity index (χ1n) is 7.87. The molecule has 0 bridgehead atoms. The highest BCUT2D eigenvalue weighted by Gasteiger charge is 2.21. The SMILES string of the molecule is CCCC(NS(=O)(=O)CCC1CCCCN1)c1cccs1. The van der Waals surface area contributed by atoms with Gasteiger partial charge in [-0.2, -0.15) is 0 Å². The molecular formula is C15H26N2O2S2. The first-order valence-corrected chi connectivity index (χ1v) is 10.4. The molecule has 6 heteroatoms. The fraction of sp³-hybridized carbons (Fsp3) is 0.733. The van der Waals surface area contributed by atoms with Gasteiger partial charge in [0.25, 0.3) is 0 Å². The smallest absolute Gasteiger partial charge is 0.212 e. The van der Waals surface area contributed by atoms with E-state index in [1.807, 2.05) is 17.5 Å². The molecule has 1 fully saturated rings. The minimum Gasteiger partial charge on any atom is -0.314 e. The minimum atomic E-state index is -3.21. The van der Waals surface area contributed by atoms with E-state index in [1.165, 1.54) is 12.8 Å². The third-order valence-electron chi connectivity index (χ3n) is 3.93. The van der Waals surface area contributed by atoms with Crippen LogP contribution >= 0.6 is 11.3 Å². The van der Waals surface area contributed by atoms with E-state index < -0.39 is 10.0 Å². The summed E-state index contributed by atoms with van der Waals surface area (Å²) in [5, 5.41) is 5.41. The number of hydrogen-bond acceptors (Lipinski definition) is 4. The van der Waals surface area contributed by atoms with Gasteiger partial charge in [-0.25, -0.2) is 13.1 Å². The van der Waals surface area contributed by atoms with Crippen LogP contribution in [0.5, 0.6) is 0 Å². The molecule has 0 saturated carbocycles. The average Bonchev–Trinajstić information content (AvgIpc) is 3.00. The van der Waals surface area contributed by atoms with Crippen LogP contribution in [0.25, 0.3) is 0 Å². The molecule has 0 amide bonds. The van der Waals surface area contributed by atoms with Gasteiger partial charge in [-0.15, -0.1) is 11.3 Å². The van der Waals surface area contributed by atoms with Crippen molar-refractivity contribution in [3.8, 4) is 0 Å². The van der Waals surface area contributed by atoms with Crippen molar-refractivity contribution in [1.29, 1.82) is 0 Å². The largest absolute Gasteiger partial charge is 0.314 e. The van der Waals surface area contributed by atoms with Crippen molar-refractivity contribution in [2.75, 3.05) is 12.3 Å². The number of hydrogen-bond donors (Lipinski definition) is 2. The van der Waals surface area contributed by atoms with Crippen LogP contribution in [-0.2, 0) is 10.0 Å². The lowest BCUT2D eigenvalue weighted by molar-refractivity contribution is 0.392. The van der Waals surface area contributed by atoms with Gasteiger partial charge in [0.05, 0.1) is 11.8 Å². The van der Waals surface area contributed by atoms with E-state index in [9.17, 15) is 8.42 Å². The highest BCUT2D eigenvalue weighted by molar-refractivity contribution is 7.89. The van der Waals surface area contributed by atoms with Gasteiger partial charge in [0.15, 0.2) is 0 Å². The van der Waals surface area contributed by atoms with Crippen LogP contribution < -0.4 is 10.0 Å². The predicted molar refractivity (Wildman–Crippen MR) is 89.1 cm³/mol. The van der Waals surface area contributed by atoms with Gasteiger partial charge in [-0.1, -0.05) is 25.8 Å². The van der Waals surface area contributed by atoms with Crippen LogP contribution in [0, 0.1) is 0 Å². The molecule has 0 aliphatic carbocycles. The van der Waals surface area contributed by atoms with Crippen LogP contribution in [-0.4, -0.2) is 26.8 Å². The Kier molecular flexibility index (Phi) is 6.67. The van der Waals surface area contributed by atoms with E-state index in [-0.39, 0.29) is 11.8 Å². The molecule has 1 aliphatic rings. The Bertz CT molecular complexity index is 494. The molecule has 0 radical (unpaired) electrons. The minimum absolute atomic E-state index is 0.0701. The van der Waals surface area contributed by atoms with Crippen LogP contribution in [0.3, 0.4) is 0 Å². The summed E-state index contributed by atoms with van der Waals surface area (Å²) in [6.07, 6.45) is 6.03. The number of thiophene rings is 1. The Morgan fingerprint density at radius 1 is 1.48 bits per heavy atom. The quantitative estimate of drug-likeness (QED) is 0.770. The summed E-state index contributed by atoms with van der Waals surface area (Å²) < 4.78 is 27.5. The molecular weight excluding hydrogens is 304 g/mol. The standard InChI is InChI=1S/C15H26N2O2S2/c1-2-6-14(15-8-5-11-20-15)17-21(18,19)12-9-13-7-3-4-10-16-13/h5,8,11,13-14,16-17H,2-4,6-7,9-10,12H2,1H3. The lowest BCUT2D eigenvalue weighted by Crippen LogP contribution is -2.37. The maximum absolute atomic E-state index is 12.3. The molecule has 1 aromatic rings. The predicted octanol–water partition coefficient (Wildman–Crippen LogP) is 3.04. The molecule has 1 saturated heterocycles. The summed E-state index contributed by atoms with van der Waals surface area (Å²) in [5.74, 6) is 0.219. The third kappa shape index (κ3) is 5.70. The first-order chi connectivity index (χ1) is 10.1. The van der Waals surface area contributed by atoms with E-state index in [4.69, 9.17) is 0 Å². The number of sulfonamides is 1. The molecule has 2 rings (SSSR count). The topological polar surface area (TPSA) is 58.2 Å². The van der Waals surface area contributed by atoms with Gasteiger partial charge in [0, 0.05) is 10.9 Å². The normalized spacial score (nSPS) is 21.3. The van der Waals surface area contributed by atoms with Gasteiger partial charge in [-0.05, 0) is 43.7 Å². The summed E-state index contributed by atoms with van der Waals surface area (Å²) in [6, 6.07) is 4.28. The molecule has 2 heterocycles. The molecule has 2 N–H and O–H groups in total. The van der Waals surface area contributed by atoms with Crippen LogP contribution in [0.4, 0.5) is 0 Å². The lowest BCUT2D eigenvalue weighted by Gasteiger charge is -2.24.